The lowest BCUT2D eigenvalue weighted by molar-refractivity contribution is -0.119. The van der Waals surface area contributed by atoms with Crippen molar-refractivity contribution in [3.63, 3.8) is 0 Å². The Labute approximate surface area is 260 Å². The molecule has 0 aliphatic heterocycles. The lowest BCUT2D eigenvalue weighted by atomic mass is 10.0. The molecule has 2 aromatic carbocycles. The third kappa shape index (κ3) is 6.98. The van der Waals surface area contributed by atoms with Crippen LogP contribution in [-0.2, 0) is 28.2 Å². The summed E-state index contributed by atoms with van der Waals surface area (Å²) in [6.07, 6.45) is 1.50. The van der Waals surface area contributed by atoms with Crippen LogP contribution in [0.3, 0.4) is 0 Å². The second-order valence-electron chi connectivity index (χ2n) is 11.9. The predicted octanol–water partition coefficient (Wildman–Crippen LogP) is 4.47. The summed E-state index contributed by atoms with van der Waals surface area (Å²) in [6.45, 7) is 7.42. The van der Waals surface area contributed by atoms with Gasteiger partial charge in [-0.15, -0.1) is 5.10 Å². The number of benzene rings is 2. The maximum absolute atomic E-state index is 14.9. The van der Waals surface area contributed by atoms with Crippen LogP contribution in [0.15, 0.2) is 76.8 Å². The molecule has 13 heteroatoms. The molecule has 3 aromatic heterocycles. The maximum atomic E-state index is 14.9. The van der Waals surface area contributed by atoms with E-state index in [9.17, 15) is 22.4 Å². The van der Waals surface area contributed by atoms with Crippen molar-refractivity contribution in [3.8, 4) is 11.3 Å². The highest BCUT2D eigenvalue weighted by Gasteiger charge is 2.28. The van der Waals surface area contributed by atoms with Gasteiger partial charge in [-0.3, -0.25) is 9.59 Å². The Morgan fingerprint density at radius 1 is 1.02 bits per heavy atom. The van der Waals surface area contributed by atoms with Gasteiger partial charge in [-0.25, -0.2) is 27.5 Å². The standard InChI is InChI=1S/C32H34FN7O4S/c1-21-16-27(23-18-25(33)30(42)39(20-23)19-22-13-14-26-28(17-22)38(5)37-36-26)35-31(34-21)45(43,44)15-9-12-29(41)40(32(2,3)4)24-10-7-6-8-11-24/h6-8,10-11,13-14,16-18,20H,9,12,15,19H2,1-5H3. The molecule has 5 rings (SSSR count). The van der Waals surface area contributed by atoms with Crippen molar-refractivity contribution in [2.75, 3.05) is 10.7 Å². The summed E-state index contributed by atoms with van der Waals surface area (Å²) in [7, 11) is -2.25. The Bertz CT molecular complexity index is 2050. The molecule has 0 aliphatic carbocycles. The van der Waals surface area contributed by atoms with Gasteiger partial charge < -0.3 is 9.47 Å². The number of rotatable bonds is 9. The van der Waals surface area contributed by atoms with E-state index in [4.69, 9.17) is 0 Å². The van der Waals surface area contributed by atoms with Gasteiger partial charge >= 0.3 is 0 Å². The monoisotopic (exact) mass is 631 g/mol. The lowest BCUT2D eigenvalue weighted by Crippen LogP contribution is -2.46. The molecular formula is C32H34FN7O4S. The number of para-hydroxylation sites is 1. The molecule has 0 atom stereocenters. The zero-order valence-electron chi connectivity index (χ0n) is 25.7. The number of sulfone groups is 1. The van der Waals surface area contributed by atoms with Crippen molar-refractivity contribution in [2.24, 2.45) is 7.05 Å². The fourth-order valence-electron chi connectivity index (χ4n) is 5.16. The summed E-state index contributed by atoms with van der Waals surface area (Å²) >= 11 is 0. The van der Waals surface area contributed by atoms with Crippen LogP contribution in [0.5, 0.6) is 0 Å². The molecule has 3 heterocycles. The van der Waals surface area contributed by atoms with Crippen LogP contribution in [0.4, 0.5) is 10.1 Å². The molecule has 0 unspecified atom stereocenters. The molecule has 1 amide bonds. The Balaban J connectivity index is 1.37. The number of nitrogens with zero attached hydrogens (tertiary/aromatic N) is 7. The summed E-state index contributed by atoms with van der Waals surface area (Å²) in [6, 6.07) is 17.1. The van der Waals surface area contributed by atoms with Gasteiger partial charge in [0.1, 0.15) is 5.52 Å². The predicted molar refractivity (Wildman–Crippen MR) is 169 cm³/mol. The first-order chi connectivity index (χ1) is 21.2. The highest BCUT2D eigenvalue weighted by molar-refractivity contribution is 7.91. The first-order valence-electron chi connectivity index (χ1n) is 14.4. The summed E-state index contributed by atoms with van der Waals surface area (Å²) in [5.74, 6) is -1.56. The number of pyridine rings is 1. The Morgan fingerprint density at radius 3 is 2.47 bits per heavy atom. The average Bonchev–Trinajstić information content (AvgIpc) is 3.34. The minimum atomic E-state index is -4.00. The van der Waals surface area contributed by atoms with Crippen molar-refractivity contribution in [3.05, 3.63) is 94.3 Å². The minimum absolute atomic E-state index is 0.000906. The molecule has 0 fully saturated rings. The van der Waals surface area contributed by atoms with E-state index in [-0.39, 0.29) is 42.3 Å². The van der Waals surface area contributed by atoms with E-state index in [0.29, 0.717) is 11.2 Å². The Kier molecular flexibility index (Phi) is 8.66. The van der Waals surface area contributed by atoms with Gasteiger partial charge in [0.05, 0.1) is 23.5 Å². The molecule has 5 aromatic rings. The fraction of sp³-hybridized carbons (Fsp3) is 0.312. The van der Waals surface area contributed by atoms with E-state index < -0.39 is 31.9 Å². The van der Waals surface area contributed by atoms with Crippen LogP contribution >= 0.6 is 0 Å². The van der Waals surface area contributed by atoms with Crippen molar-refractivity contribution >= 4 is 32.5 Å². The number of anilines is 1. The van der Waals surface area contributed by atoms with Crippen molar-refractivity contribution in [2.45, 2.75) is 57.8 Å². The third-order valence-electron chi connectivity index (χ3n) is 7.22. The van der Waals surface area contributed by atoms with Gasteiger partial charge in [0.15, 0.2) is 5.82 Å². The lowest BCUT2D eigenvalue weighted by Gasteiger charge is -2.36. The molecular weight excluding hydrogens is 597 g/mol. The zero-order valence-corrected chi connectivity index (χ0v) is 26.5. The summed E-state index contributed by atoms with van der Waals surface area (Å²) in [5.41, 5.74) is 2.27. The summed E-state index contributed by atoms with van der Waals surface area (Å²) < 4.78 is 44.4. The summed E-state index contributed by atoms with van der Waals surface area (Å²) in [5, 5.41) is 7.60. The molecule has 234 valence electrons. The number of fused-ring (bicyclic) bond motifs is 1. The highest BCUT2D eigenvalue weighted by atomic mass is 32.2. The molecule has 0 spiro atoms. The molecule has 45 heavy (non-hydrogen) atoms. The second-order valence-corrected chi connectivity index (χ2v) is 13.9. The van der Waals surface area contributed by atoms with Crippen molar-refractivity contribution in [1.82, 2.24) is 29.5 Å². The topological polar surface area (TPSA) is 133 Å². The van der Waals surface area contributed by atoms with Gasteiger partial charge in [-0.05, 0) is 76.1 Å². The van der Waals surface area contributed by atoms with Gasteiger partial charge in [0.2, 0.25) is 20.9 Å². The fourth-order valence-corrected chi connectivity index (χ4v) is 6.38. The van der Waals surface area contributed by atoms with E-state index in [0.717, 1.165) is 22.8 Å². The van der Waals surface area contributed by atoms with E-state index >= 15 is 0 Å². The number of hydrogen-bond donors (Lipinski definition) is 0. The van der Waals surface area contributed by atoms with E-state index in [1.807, 2.05) is 57.2 Å². The first kappa shape index (κ1) is 31.6. The van der Waals surface area contributed by atoms with Crippen LogP contribution in [-0.4, -0.2) is 55.1 Å². The van der Waals surface area contributed by atoms with Crippen LogP contribution in [0.25, 0.3) is 22.3 Å². The minimum Gasteiger partial charge on any atom is -0.308 e. The van der Waals surface area contributed by atoms with E-state index in [1.54, 1.807) is 35.7 Å². The Hall–Kier alpha value is -4.78. The number of aromatic nitrogens is 6. The first-order valence-corrected chi connectivity index (χ1v) is 16.0. The van der Waals surface area contributed by atoms with Gasteiger partial charge in [-0.2, -0.15) is 0 Å². The highest BCUT2D eigenvalue weighted by Crippen LogP contribution is 2.26. The van der Waals surface area contributed by atoms with Crippen LogP contribution in [0.1, 0.15) is 44.9 Å². The van der Waals surface area contributed by atoms with Gasteiger partial charge in [0, 0.05) is 42.1 Å². The largest absolute Gasteiger partial charge is 0.308 e. The molecule has 11 nitrogen and oxygen atoms in total. The smallest absolute Gasteiger partial charge is 0.286 e. The van der Waals surface area contributed by atoms with Crippen LogP contribution in [0, 0.1) is 12.7 Å². The summed E-state index contributed by atoms with van der Waals surface area (Å²) in [4.78, 5) is 36.0. The molecule has 0 saturated carbocycles. The molecule has 0 N–H and O–H groups in total. The van der Waals surface area contributed by atoms with Crippen molar-refractivity contribution < 1.29 is 17.6 Å². The average molecular weight is 632 g/mol. The second kappa shape index (κ2) is 12.3. The molecule has 0 saturated heterocycles. The van der Waals surface area contributed by atoms with E-state index in [2.05, 4.69) is 20.3 Å². The number of halogens is 1. The molecule has 0 bridgehead atoms. The van der Waals surface area contributed by atoms with Gasteiger partial charge in [-0.1, -0.05) is 29.5 Å². The number of amides is 1. The third-order valence-corrected chi connectivity index (χ3v) is 8.78. The molecule has 0 radical (unpaired) electrons. The number of carbonyl (C=O) groups is 1. The molecule has 0 aliphatic rings. The van der Waals surface area contributed by atoms with Crippen molar-refractivity contribution in [1.29, 1.82) is 0 Å². The number of aryl methyl sites for hydroxylation is 2. The van der Waals surface area contributed by atoms with Crippen LogP contribution in [0.2, 0.25) is 0 Å². The number of hydrogen-bond acceptors (Lipinski definition) is 8. The Morgan fingerprint density at radius 2 is 1.76 bits per heavy atom. The normalized spacial score (nSPS) is 12.0. The van der Waals surface area contributed by atoms with Crippen LogP contribution < -0.4 is 10.5 Å². The SMILES string of the molecule is Cc1cc(-c2cc(F)c(=O)n(Cc3ccc4nnn(C)c4c3)c2)nc(S(=O)(=O)CCCC(=O)N(c2ccccc2)C(C)(C)C)n1. The van der Waals surface area contributed by atoms with E-state index in [1.165, 1.54) is 16.8 Å². The zero-order chi connectivity index (χ0) is 32.5. The quantitative estimate of drug-likeness (QED) is 0.218. The number of carbonyl (C=O) groups excluding carboxylic acids is 1. The van der Waals surface area contributed by atoms with Gasteiger partial charge in [0.25, 0.3) is 5.56 Å². The maximum Gasteiger partial charge on any atom is 0.286 e.